The molecule has 1 aromatic carbocycles. The second-order valence-corrected chi connectivity index (χ2v) is 5.06. The Balaban J connectivity index is 2.51. The van der Waals surface area contributed by atoms with E-state index < -0.39 is 5.60 Å². The number of benzene rings is 1. The molecule has 5 heteroatoms. The highest BCUT2D eigenvalue weighted by molar-refractivity contribution is 7.07. The highest BCUT2D eigenvalue weighted by Crippen LogP contribution is 2.39. The summed E-state index contributed by atoms with van der Waals surface area (Å²) in [6.07, 6.45) is 0. The lowest BCUT2D eigenvalue weighted by Crippen LogP contribution is -2.21. The fourth-order valence-electron chi connectivity index (χ4n) is 1.46. The fourth-order valence-corrected chi connectivity index (χ4v) is 2.82. The molecule has 0 spiro atoms. The third-order valence-electron chi connectivity index (χ3n) is 2.38. The minimum absolute atomic E-state index is 0.234. The van der Waals surface area contributed by atoms with E-state index >= 15 is 0 Å². The second-order valence-electron chi connectivity index (χ2n) is 3.55. The Bertz CT molecular complexity index is 496. The van der Waals surface area contributed by atoms with Gasteiger partial charge >= 0.3 is 0 Å². The van der Waals surface area contributed by atoms with E-state index in [-0.39, 0.29) is 5.15 Å². The van der Waals surface area contributed by atoms with Crippen LogP contribution in [0.4, 0.5) is 0 Å². The van der Waals surface area contributed by atoms with Crippen molar-refractivity contribution in [1.29, 1.82) is 0 Å². The lowest BCUT2D eigenvalue weighted by atomic mass is 9.94. The van der Waals surface area contributed by atoms with Crippen molar-refractivity contribution in [3.63, 3.8) is 0 Å². The molecule has 1 heterocycles. The van der Waals surface area contributed by atoms with Crippen LogP contribution >= 0.6 is 34.7 Å². The molecule has 0 bridgehead atoms. The summed E-state index contributed by atoms with van der Waals surface area (Å²) in [6.45, 7) is 1.68. The normalized spacial score (nSPS) is 14.8. The number of hydrogen-bond acceptors (Lipinski definition) is 3. The first-order valence-corrected chi connectivity index (χ1v) is 6.15. The van der Waals surface area contributed by atoms with Crippen molar-refractivity contribution in [2.75, 3.05) is 0 Å². The van der Waals surface area contributed by atoms with E-state index in [1.54, 1.807) is 6.92 Å². The Morgan fingerprint density at radius 3 is 2.38 bits per heavy atom. The van der Waals surface area contributed by atoms with Gasteiger partial charge in [0.1, 0.15) is 5.60 Å². The first-order valence-electron chi connectivity index (χ1n) is 4.62. The molecule has 0 saturated carbocycles. The number of hydrogen-bond donors (Lipinski definition) is 1. The largest absolute Gasteiger partial charge is 0.380 e. The molecular weight excluding hydrogens is 265 g/mol. The summed E-state index contributed by atoms with van der Waals surface area (Å²) < 4.78 is 3.92. The third-order valence-corrected chi connectivity index (χ3v) is 4.38. The Kier molecular flexibility index (Phi) is 3.22. The van der Waals surface area contributed by atoms with E-state index in [0.717, 1.165) is 17.1 Å². The molecule has 84 valence electrons. The summed E-state index contributed by atoms with van der Waals surface area (Å²) in [5.74, 6) is 0. The van der Waals surface area contributed by atoms with E-state index in [9.17, 15) is 5.11 Å². The summed E-state index contributed by atoms with van der Waals surface area (Å²) >= 11 is 12.9. The van der Waals surface area contributed by atoms with Crippen molar-refractivity contribution in [1.82, 2.24) is 4.37 Å². The molecule has 2 nitrogen and oxygen atoms in total. The highest BCUT2D eigenvalue weighted by Gasteiger charge is 2.31. The van der Waals surface area contributed by atoms with E-state index in [1.165, 1.54) is 0 Å². The molecule has 0 aliphatic heterocycles. The van der Waals surface area contributed by atoms with Crippen molar-refractivity contribution < 1.29 is 5.11 Å². The summed E-state index contributed by atoms with van der Waals surface area (Å²) in [5.41, 5.74) is -0.402. The second kappa shape index (κ2) is 4.34. The van der Waals surface area contributed by atoms with E-state index in [1.807, 2.05) is 30.3 Å². The van der Waals surface area contributed by atoms with Gasteiger partial charge < -0.3 is 5.11 Å². The predicted molar refractivity (Wildman–Crippen MR) is 67.2 cm³/mol. The molecule has 1 unspecified atom stereocenters. The molecule has 16 heavy (non-hydrogen) atoms. The maximum absolute atomic E-state index is 10.5. The molecule has 0 aliphatic rings. The molecule has 1 N–H and O–H groups in total. The van der Waals surface area contributed by atoms with E-state index in [2.05, 4.69) is 4.37 Å². The average Bonchev–Trinajstić information content (AvgIpc) is 2.61. The van der Waals surface area contributed by atoms with Gasteiger partial charge in [-0.05, 0) is 24.0 Å². The van der Waals surface area contributed by atoms with Gasteiger partial charge in [0.05, 0.1) is 9.90 Å². The van der Waals surface area contributed by atoms with Crippen LogP contribution in [0, 0.1) is 0 Å². The minimum Gasteiger partial charge on any atom is -0.380 e. The molecule has 0 amide bonds. The molecule has 2 aromatic rings. The van der Waals surface area contributed by atoms with Crippen LogP contribution < -0.4 is 0 Å². The van der Waals surface area contributed by atoms with Gasteiger partial charge in [-0.2, -0.15) is 4.37 Å². The van der Waals surface area contributed by atoms with Crippen LogP contribution in [0.25, 0.3) is 0 Å². The lowest BCUT2D eigenvalue weighted by molar-refractivity contribution is 0.106. The van der Waals surface area contributed by atoms with Crippen LogP contribution in [0.1, 0.15) is 17.4 Å². The van der Waals surface area contributed by atoms with Gasteiger partial charge in [-0.1, -0.05) is 53.5 Å². The van der Waals surface area contributed by atoms with Gasteiger partial charge in [-0.25, -0.2) is 0 Å². The van der Waals surface area contributed by atoms with E-state index in [0.29, 0.717) is 9.90 Å². The number of aliphatic hydroxyl groups is 1. The first kappa shape index (κ1) is 11.9. The van der Waals surface area contributed by atoms with E-state index in [4.69, 9.17) is 23.2 Å². The Morgan fingerprint density at radius 1 is 1.25 bits per heavy atom. The lowest BCUT2D eigenvalue weighted by Gasteiger charge is -2.22. The average molecular weight is 274 g/mol. The molecule has 1 atom stereocenters. The molecule has 0 radical (unpaired) electrons. The zero-order valence-corrected chi connectivity index (χ0v) is 10.8. The Hall–Kier alpha value is -0.610. The standard InChI is InChI=1S/C11H9Cl2NOS/c1-11(15,7-5-3-2-4-6-7)9-8(12)10(13)14-16-9/h2-6,15H,1H3. The van der Waals surface area contributed by atoms with Gasteiger partial charge in [0, 0.05) is 0 Å². The van der Waals surface area contributed by atoms with Gasteiger partial charge in [0.15, 0.2) is 5.15 Å². The SMILES string of the molecule is CC(O)(c1ccccc1)c1snc(Cl)c1Cl. The van der Waals surface area contributed by atoms with Crippen LogP contribution in [0.5, 0.6) is 0 Å². The molecule has 2 rings (SSSR count). The zero-order valence-electron chi connectivity index (χ0n) is 8.45. The number of rotatable bonds is 2. The van der Waals surface area contributed by atoms with Crippen LogP contribution in [0.2, 0.25) is 10.2 Å². The predicted octanol–water partition coefficient (Wildman–Crippen LogP) is 3.71. The van der Waals surface area contributed by atoms with Gasteiger partial charge in [-0.3, -0.25) is 0 Å². The smallest absolute Gasteiger partial charge is 0.161 e. The topological polar surface area (TPSA) is 33.1 Å². The highest BCUT2D eigenvalue weighted by atomic mass is 35.5. The number of aromatic nitrogens is 1. The summed E-state index contributed by atoms with van der Waals surface area (Å²) in [5, 5.41) is 11.0. The van der Waals surface area contributed by atoms with Crippen LogP contribution in [-0.2, 0) is 5.60 Å². The van der Waals surface area contributed by atoms with Crippen molar-refractivity contribution in [2.24, 2.45) is 0 Å². The van der Waals surface area contributed by atoms with Crippen LogP contribution in [0.3, 0.4) is 0 Å². The molecule has 0 aliphatic carbocycles. The van der Waals surface area contributed by atoms with Crippen molar-refractivity contribution in [3.05, 3.63) is 50.9 Å². The maximum atomic E-state index is 10.5. The molecule has 1 aromatic heterocycles. The third kappa shape index (κ3) is 1.96. The van der Waals surface area contributed by atoms with Gasteiger partial charge in [0.25, 0.3) is 0 Å². The van der Waals surface area contributed by atoms with Crippen LogP contribution in [0.15, 0.2) is 30.3 Å². The summed E-state index contributed by atoms with van der Waals surface area (Å²) in [4.78, 5) is 0.561. The van der Waals surface area contributed by atoms with Gasteiger partial charge in [-0.15, -0.1) is 0 Å². The minimum atomic E-state index is -1.16. The zero-order chi connectivity index (χ0) is 11.8. The van der Waals surface area contributed by atoms with Crippen molar-refractivity contribution in [2.45, 2.75) is 12.5 Å². The summed E-state index contributed by atoms with van der Waals surface area (Å²) in [7, 11) is 0. The molecule has 0 fully saturated rings. The maximum Gasteiger partial charge on any atom is 0.161 e. The van der Waals surface area contributed by atoms with Crippen molar-refractivity contribution in [3.8, 4) is 0 Å². The van der Waals surface area contributed by atoms with Gasteiger partial charge in [0.2, 0.25) is 0 Å². The fraction of sp³-hybridized carbons (Fsp3) is 0.182. The number of halogens is 2. The van der Waals surface area contributed by atoms with Crippen molar-refractivity contribution >= 4 is 34.7 Å². The number of nitrogens with zero attached hydrogens (tertiary/aromatic N) is 1. The Labute approximate surface area is 108 Å². The molecular formula is C11H9Cl2NOS. The summed E-state index contributed by atoms with van der Waals surface area (Å²) in [6, 6.07) is 9.29. The first-order chi connectivity index (χ1) is 7.53. The quantitative estimate of drug-likeness (QED) is 0.905. The Morgan fingerprint density at radius 2 is 1.88 bits per heavy atom. The molecule has 0 saturated heterocycles. The monoisotopic (exact) mass is 273 g/mol. The van der Waals surface area contributed by atoms with Crippen LogP contribution in [-0.4, -0.2) is 9.48 Å².